The number of hydrogen-bond acceptors (Lipinski definition) is 4. The molecule has 0 unspecified atom stereocenters. The summed E-state index contributed by atoms with van der Waals surface area (Å²) in [7, 11) is 0. The molecule has 0 fully saturated rings. The van der Waals surface area contributed by atoms with Gasteiger partial charge < -0.3 is 5.32 Å². The summed E-state index contributed by atoms with van der Waals surface area (Å²) in [6.07, 6.45) is 0. The summed E-state index contributed by atoms with van der Waals surface area (Å²) in [6.45, 7) is 1.46. The van der Waals surface area contributed by atoms with E-state index < -0.39 is 4.92 Å². The Morgan fingerprint density at radius 3 is 2.65 bits per heavy atom. The summed E-state index contributed by atoms with van der Waals surface area (Å²) >= 11 is 5.75. The minimum absolute atomic E-state index is 0.0701. The van der Waals surface area contributed by atoms with Gasteiger partial charge in [0.05, 0.1) is 4.92 Å². The topological polar surface area (TPSA) is 72.2 Å². The number of nitro groups is 1. The van der Waals surface area contributed by atoms with Crippen LogP contribution in [0.2, 0.25) is 5.02 Å². The molecule has 2 aromatic carbocycles. The predicted octanol–water partition coefficient (Wildman–Crippen LogP) is 4.19. The van der Waals surface area contributed by atoms with Crippen LogP contribution in [0.25, 0.3) is 0 Å². The Kier molecular flexibility index (Phi) is 4.00. The number of carbonyl (C=O) groups is 1. The Hall–Kier alpha value is -2.40. The SMILES string of the molecule is CC(=O)c1cccc(Nc2ccc(Cl)cc2[N+](=O)[O-])c1. The molecule has 2 aromatic rings. The molecule has 2 rings (SSSR count). The van der Waals surface area contributed by atoms with Crippen LogP contribution >= 0.6 is 11.6 Å². The van der Waals surface area contributed by atoms with E-state index in [2.05, 4.69) is 5.32 Å². The molecule has 0 aliphatic rings. The number of Topliss-reactive ketones (excluding diaryl/α,β-unsaturated/α-hetero) is 1. The lowest BCUT2D eigenvalue weighted by atomic mass is 10.1. The van der Waals surface area contributed by atoms with E-state index in [1.165, 1.54) is 19.1 Å². The minimum atomic E-state index is -0.511. The number of nitrogens with zero attached hydrogens (tertiary/aromatic N) is 1. The van der Waals surface area contributed by atoms with Crippen LogP contribution in [0.3, 0.4) is 0 Å². The molecule has 0 spiro atoms. The number of hydrogen-bond donors (Lipinski definition) is 1. The maximum absolute atomic E-state index is 11.3. The zero-order chi connectivity index (χ0) is 14.7. The van der Waals surface area contributed by atoms with Crippen molar-refractivity contribution in [3.8, 4) is 0 Å². The Labute approximate surface area is 120 Å². The third-order valence-corrected chi connectivity index (χ3v) is 2.94. The van der Waals surface area contributed by atoms with Crippen molar-refractivity contribution in [1.82, 2.24) is 0 Å². The van der Waals surface area contributed by atoms with Crippen molar-refractivity contribution in [3.05, 3.63) is 63.2 Å². The fourth-order valence-corrected chi connectivity index (χ4v) is 1.90. The van der Waals surface area contributed by atoms with Crippen LogP contribution in [0.1, 0.15) is 17.3 Å². The number of carbonyl (C=O) groups excluding carboxylic acids is 1. The van der Waals surface area contributed by atoms with Gasteiger partial charge in [-0.3, -0.25) is 14.9 Å². The number of anilines is 2. The Balaban J connectivity index is 2.37. The molecule has 0 radical (unpaired) electrons. The quantitative estimate of drug-likeness (QED) is 0.520. The first-order chi connectivity index (χ1) is 9.47. The van der Waals surface area contributed by atoms with Gasteiger partial charge >= 0.3 is 0 Å². The fourth-order valence-electron chi connectivity index (χ4n) is 1.73. The molecule has 5 nitrogen and oxygen atoms in total. The van der Waals surface area contributed by atoms with Crippen LogP contribution in [-0.4, -0.2) is 10.7 Å². The summed E-state index contributed by atoms with van der Waals surface area (Å²) in [5, 5.41) is 14.2. The first-order valence-corrected chi connectivity index (χ1v) is 6.17. The van der Waals surface area contributed by atoms with Crippen molar-refractivity contribution in [2.24, 2.45) is 0 Å². The van der Waals surface area contributed by atoms with Crippen molar-refractivity contribution in [2.45, 2.75) is 6.92 Å². The summed E-state index contributed by atoms with van der Waals surface area (Å²) in [4.78, 5) is 21.8. The number of halogens is 1. The maximum atomic E-state index is 11.3. The third-order valence-electron chi connectivity index (χ3n) is 2.70. The molecule has 20 heavy (non-hydrogen) atoms. The number of benzene rings is 2. The van der Waals surface area contributed by atoms with Crippen LogP contribution in [0.5, 0.6) is 0 Å². The molecule has 0 atom stereocenters. The van der Waals surface area contributed by atoms with Crippen molar-refractivity contribution < 1.29 is 9.72 Å². The molecule has 0 bridgehead atoms. The molecule has 0 aromatic heterocycles. The van der Waals surface area contributed by atoms with E-state index >= 15 is 0 Å². The number of nitro benzene ring substituents is 1. The average Bonchev–Trinajstić information content (AvgIpc) is 2.41. The normalized spacial score (nSPS) is 10.1. The molecular weight excluding hydrogens is 280 g/mol. The van der Waals surface area contributed by atoms with Gasteiger partial charge in [0.15, 0.2) is 5.78 Å². The highest BCUT2D eigenvalue weighted by Crippen LogP contribution is 2.30. The highest BCUT2D eigenvalue weighted by molar-refractivity contribution is 6.30. The Morgan fingerprint density at radius 1 is 1.25 bits per heavy atom. The van der Waals surface area contributed by atoms with E-state index in [0.717, 1.165) is 0 Å². The molecule has 102 valence electrons. The predicted molar refractivity (Wildman–Crippen MR) is 77.8 cm³/mol. The van der Waals surface area contributed by atoms with Crippen LogP contribution in [0, 0.1) is 10.1 Å². The Bertz CT molecular complexity index is 686. The van der Waals surface area contributed by atoms with Crippen LogP contribution in [-0.2, 0) is 0 Å². The molecule has 0 saturated carbocycles. The lowest BCUT2D eigenvalue weighted by molar-refractivity contribution is -0.383. The maximum Gasteiger partial charge on any atom is 0.294 e. The van der Waals surface area contributed by atoms with Gasteiger partial charge in [0.2, 0.25) is 0 Å². The van der Waals surface area contributed by atoms with Crippen molar-refractivity contribution in [3.63, 3.8) is 0 Å². The zero-order valence-electron chi connectivity index (χ0n) is 10.6. The molecule has 0 aliphatic heterocycles. The van der Waals surface area contributed by atoms with Gasteiger partial charge in [0, 0.05) is 22.3 Å². The van der Waals surface area contributed by atoms with E-state index in [-0.39, 0.29) is 11.5 Å². The standard InChI is InChI=1S/C14H11ClN2O3/c1-9(18)10-3-2-4-12(7-10)16-13-6-5-11(15)8-14(13)17(19)20/h2-8,16H,1H3. The highest BCUT2D eigenvalue weighted by atomic mass is 35.5. The van der Waals surface area contributed by atoms with Crippen LogP contribution in [0.4, 0.5) is 17.1 Å². The van der Waals surface area contributed by atoms with E-state index in [9.17, 15) is 14.9 Å². The monoisotopic (exact) mass is 290 g/mol. The number of nitrogens with one attached hydrogen (secondary N) is 1. The van der Waals surface area contributed by atoms with Crippen LogP contribution in [0.15, 0.2) is 42.5 Å². The highest BCUT2D eigenvalue weighted by Gasteiger charge is 2.14. The third kappa shape index (κ3) is 3.13. The summed E-state index contributed by atoms with van der Waals surface area (Å²) in [5.41, 5.74) is 1.33. The molecule has 0 saturated heterocycles. The molecule has 0 aliphatic carbocycles. The van der Waals surface area contributed by atoms with Gasteiger partial charge in [-0.1, -0.05) is 23.7 Å². The van der Waals surface area contributed by atoms with E-state index in [1.54, 1.807) is 30.3 Å². The summed E-state index contributed by atoms with van der Waals surface area (Å²) in [6, 6.07) is 11.1. The van der Waals surface area contributed by atoms with Gasteiger partial charge in [0.25, 0.3) is 5.69 Å². The number of ketones is 1. The smallest absolute Gasteiger partial charge is 0.294 e. The van der Waals surface area contributed by atoms with Gasteiger partial charge in [-0.05, 0) is 31.2 Å². The van der Waals surface area contributed by atoms with E-state index in [0.29, 0.717) is 22.0 Å². The van der Waals surface area contributed by atoms with Crippen molar-refractivity contribution >= 4 is 34.4 Å². The summed E-state index contributed by atoms with van der Waals surface area (Å²) in [5.74, 6) is -0.0701. The first kappa shape index (κ1) is 14.0. The lowest BCUT2D eigenvalue weighted by Crippen LogP contribution is -1.98. The molecular formula is C14H11ClN2O3. The largest absolute Gasteiger partial charge is 0.350 e. The fraction of sp³-hybridized carbons (Fsp3) is 0.0714. The molecule has 1 N–H and O–H groups in total. The van der Waals surface area contributed by atoms with Gasteiger partial charge in [0.1, 0.15) is 5.69 Å². The second kappa shape index (κ2) is 5.71. The zero-order valence-corrected chi connectivity index (χ0v) is 11.3. The lowest BCUT2D eigenvalue weighted by Gasteiger charge is -2.08. The average molecular weight is 291 g/mol. The van der Waals surface area contributed by atoms with Gasteiger partial charge in [-0.2, -0.15) is 0 Å². The number of rotatable bonds is 4. The van der Waals surface area contributed by atoms with Crippen LogP contribution < -0.4 is 5.32 Å². The van der Waals surface area contributed by atoms with Crippen molar-refractivity contribution in [1.29, 1.82) is 0 Å². The van der Waals surface area contributed by atoms with Gasteiger partial charge in [-0.25, -0.2) is 0 Å². The van der Waals surface area contributed by atoms with Crippen molar-refractivity contribution in [2.75, 3.05) is 5.32 Å². The first-order valence-electron chi connectivity index (χ1n) is 5.79. The van der Waals surface area contributed by atoms with E-state index in [1.807, 2.05) is 0 Å². The molecule has 6 heteroatoms. The minimum Gasteiger partial charge on any atom is -0.350 e. The molecule has 0 amide bonds. The Morgan fingerprint density at radius 2 is 2.00 bits per heavy atom. The second-order valence-electron chi connectivity index (χ2n) is 4.18. The van der Waals surface area contributed by atoms with Gasteiger partial charge in [-0.15, -0.1) is 0 Å². The summed E-state index contributed by atoms with van der Waals surface area (Å²) < 4.78 is 0. The molecule has 0 heterocycles. The second-order valence-corrected chi connectivity index (χ2v) is 4.62. The van der Waals surface area contributed by atoms with E-state index in [4.69, 9.17) is 11.6 Å².